The van der Waals surface area contributed by atoms with Crippen molar-refractivity contribution in [2.24, 2.45) is 0 Å². The Bertz CT molecular complexity index is 379. The summed E-state index contributed by atoms with van der Waals surface area (Å²) in [6.07, 6.45) is 1.98. The molecule has 0 aliphatic heterocycles. The molecule has 1 N–H and O–H groups in total. The quantitative estimate of drug-likeness (QED) is 0.873. The Morgan fingerprint density at radius 1 is 1.44 bits per heavy atom. The highest BCUT2D eigenvalue weighted by Gasteiger charge is 2.12. The number of amides is 1. The van der Waals surface area contributed by atoms with Crippen molar-refractivity contribution < 1.29 is 4.79 Å². The molecule has 0 fully saturated rings. The monoisotopic (exact) mass is 259 g/mol. The average molecular weight is 260 g/mol. The van der Waals surface area contributed by atoms with Crippen molar-refractivity contribution in [3.63, 3.8) is 0 Å². The van der Waals surface area contributed by atoms with Gasteiger partial charge in [0.15, 0.2) is 0 Å². The minimum atomic E-state index is -0.173. The van der Waals surface area contributed by atoms with E-state index < -0.39 is 0 Å². The summed E-state index contributed by atoms with van der Waals surface area (Å²) < 4.78 is 0. The minimum absolute atomic E-state index is 0.146. The van der Waals surface area contributed by atoms with Crippen LogP contribution in [-0.4, -0.2) is 11.9 Å². The van der Waals surface area contributed by atoms with E-state index in [1.54, 1.807) is 18.2 Å². The van der Waals surface area contributed by atoms with Crippen molar-refractivity contribution in [2.45, 2.75) is 32.7 Å². The van der Waals surface area contributed by atoms with Gasteiger partial charge in [0.2, 0.25) is 0 Å². The Hall–Kier alpha value is -0.730. The van der Waals surface area contributed by atoms with Crippen molar-refractivity contribution in [3.8, 4) is 0 Å². The molecule has 0 aromatic heterocycles. The molecule has 1 aromatic carbocycles. The molecule has 1 amide bonds. The van der Waals surface area contributed by atoms with E-state index in [0.717, 1.165) is 12.8 Å². The lowest BCUT2D eigenvalue weighted by Crippen LogP contribution is -2.32. The molecular weight excluding hydrogens is 245 g/mol. The van der Waals surface area contributed by atoms with Crippen LogP contribution in [0.2, 0.25) is 10.0 Å². The molecule has 16 heavy (non-hydrogen) atoms. The maximum Gasteiger partial charge on any atom is 0.253 e. The molecule has 0 spiro atoms. The molecule has 1 aromatic rings. The summed E-state index contributed by atoms with van der Waals surface area (Å²) in [4.78, 5) is 11.8. The van der Waals surface area contributed by atoms with Crippen LogP contribution in [0.3, 0.4) is 0 Å². The summed E-state index contributed by atoms with van der Waals surface area (Å²) in [5.41, 5.74) is 0.428. The van der Waals surface area contributed by atoms with Gasteiger partial charge in [0, 0.05) is 11.1 Å². The highest BCUT2D eigenvalue weighted by Crippen LogP contribution is 2.20. The highest BCUT2D eigenvalue weighted by molar-refractivity contribution is 6.35. The van der Waals surface area contributed by atoms with Crippen LogP contribution in [0, 0.1) is 0 Å². The first-order chi connectivity index (χ1) is 7.54. The zero-order valence-corrected chi connectivity index (χ0v) is 10.9. The number of benzene rings is 1. The topological polar surface area (TPSA) is 29.1 Å². The number of rotatable bonds is 4. The molecule has 1 rings (SSSR count). The summed E-state index contributed by atoms with van der Waals surface area (Å²) in [5, 5.41) is 3.82. The normalized spacial score (nSPS) is 12.2. The van der Waals surface area contributed by atoms with Gasteiger partial charge >= 0.3 is 0 Å². The van der Waals surface area contributed by atoms with E-state index >= 15 is 0 Å². The number of hydrogen-bond donors (Lipinski definition) is 1. The van der Waals surface area contributed by atoms with E-state index in [9.17, 15) is 4.79 Å². The fourth-order valence-corrected chi connectivity index (χ4v) is 1.85. The average Bonchev–Trinajstić information content (AvgIpc) is 2.21. The largest absolute Gasteiger partial charge is 0.350 e. The van der Waals surface area contributed by atoms with Crippen molar-refractivity contribution in [1.29, 1.82) is 0 Å². The van der Waals surface area contributed by atoms with Crippen LogP contribution in [0.1, 0.15) is 37.0 Å². The van der Waals surface area contributed by atoms with Crippen molar-refractivity contribution >= 4 is 29.1 Å². The number of carbonyl (C=O) groups excluding carboxylic acids is 1. The van der Waals surface area contributed by atoms with Crippen molar-refractivity contribution in [3.05, 3.63) is 33.8 Å². The highest BCUT2D eigenvalue weighted by atomic mass is 35.5. The van der Waals surface area contributed by atoms with Crippen molar-refractivity contribution in [2.75, 3.05) is 0 Å². The van der Waals surface area contributed by atoms with Crippen LogP contribution in [-0.2, 0) is 0 Å². The summed E-state index contributed by atoms with van der Waals surface area (Å²) in [6.45, 7) is 4.05. The van der Waals surface area contributed by atoms with Gasteiger partial charge in [0.1, 0.15) is 0 Å². The summed E-state index contributed by atoms with van der Waals surface area (Å²) in [6, 6.07) is 5.02. The zero-order valence-electron chi connectivity index (χ0n) is 9.39. The molecule has 0 unspecified atom stereocenters. The third-order valence-electron chi connectivity index (χ3n) is 2.27. The Labute approximate surface area is 106 Å². The van der Waals surface area contributed by atoms with Gasteiger partial charge < -0.3 is 5.32 Å². The molecule has 0 radical (unpaired) electrons. The maximum absolute atomic E-state index is 11.8. The van der Waals surface area contributed by atoms with Gasteiger partial charge in [0.25, 0.3) is 5.91 Å². The molecule has 1 atom stereocenters. The van der Waals surface area contributed by atoms with Gasteiger partial charge in [-0.05, 0) is 31.5 Å². The zero-order chi connectivity index (χ0) is 12.1. The second kappa shape index (κ2) is 6.12. The van der Waals surface area contributed by atoms with Crippen LogP contribution >= 0.6 is 23.2 Å². The third kappa shape index (κ3) is 3.69. The second-order valence-electron chi connectivity index (χ2n) is 3.79. The molecule has 0 aliphatic carbocycles. The van der Waals surface area contributed by atoms with E-state index in [-0.39, 0.29) is 11.9 Å². The number of carbonyl (C=O) groups is 1. The maximum atomic E-state index is 11.8. The molecule has 0 bridgehead atoms. The van der Waals surface area contributed by atoms with Crippen LogP contribution in [0.25, 0.3) is 0 Å². The lowest BCUT2D eigenvalue weighted by atomic mass is 10.1. The standard InChI is InChI=1S/C12H15Cl2NO/c1-3-4-8(2)15-12(16)10-7-9(13)5-6-11(10)14/h5-8H,3-4H2,1-2H3,(H,15,16)/t8-/m1/s1. The fourth-order valence-electron chi connectivity index (χ4n) is 1.48. The van der Waals surface area contributed by atoms with E-state index in [1.807, 2.05) is 6.92 Å². The first-order valence-electron chi connectivity index (χ1n) is 5.30. The molecule has 0 heterocycles. The van der Waals surface area contributed by atoms with Gasteiger partial charge in [-0.1, -0.05) is 36.5 Å². The first kappa shape index (κ1) is 13.3. The van der Waals surface area contributed by atoms with Gasteiger partial charge in [-0.15, -0.1) is 0 Å². The smallest absolute Gasteiger partial charge is 0.253 e. The van der Waals surface area contributed by atoms with Crippen LogP contribution < -0.4 is 5.32 Å². The van der Waals surface area contributed by atoms with Crippen LogP contribution in [0.15, 0.2) is 18.2 Å². The van der Waals surface area contributed by atoms with Crippen LogP contribution in [0.4, 0.5) is 0 Å². The molecule has 0 saturated carbocycles. The van der Waals surface area contributed by atoms with Crippen molar-refractivity contribution in [1.82, 2.24) is 5.32 Å². The second-order valence-corrected chi connectivity index (χ2v) is 4.63. The number of halogens is 2. The summed E-state index contributed by atoms with van der Waals surface area (Å²) in [5.74, 6) is -0.173. The molecular formula is C12H15Cl2NO. The molecule has 88 valence electrons. The molecule has 2 nitrogen and oxygen atoms in total. The molecule has 4 heteroatoms. The van der Waals surface area contributed by atoms with Gasteiger partial charge in [-0.2, -0.15) is 0 Å². The fraction of sp³-hybridized carbons (Fsp3) is 0.417. The molecule has 0 aliphatic rings. The van der Waals surface area contributed by atoms with E-state index in [2.05, 4.69) is 12.2 Å². The van der Waals surface area contributed by atoms with Gasteiger partial charge in [-0.3, -0.25) is 4.79 Å². The van der Waals surface area contributed by atoms with E-state index in [1.165, 1.54) is 0 Å². The predicted molar refractivity (Wildman–Crippen MR) is 68.3 cm³/mol. The van der Waals surface area contributed by atoms with Gasteiger partial charge in [-0.25, -0.2) is 0 Å². The number of hydrogen-bond acceptors (Lipinski definition) is 1. The Balaban J connectivity index is 2.76. The minimum Gasteiger partial charge on any atom is -0.350 e. The van der Waals surface area contributed by atoms with E-state index in [4.69, 9.17) is 23.2 Å². The summed E-state index contributed by atoms with van der Waals surface area (Å²) in [7, 11) is 0. The lowest BCUT2D eigenvalue weighted by Gasteiger charge is -2.13. The van der Waals surface area contributed by atoms with E-state index in [0.29, 0.717) is 15.6 Å². The van der Waals surface area contributed by atoms with Gasteiger partial charge in [0.05, 0.1) is 10.6 Å². The summed E-state index contributed by atoms with van der Waals surface area (Å²) >= 11 is 11.8. The van der Waals surface area contributed by atoms with Crippen LogP contribution in [0.5, 0.6) is 0 Å². The lowest BCUT2D eigenvalue weighted by molar-refractivity contribution is 0.0938. The number of nitrogens with one attached hydrogen (secondary N) is 1. The Morgan fingerprint density at radius 2 is 2.12 bits per heavy atom. The SMILES string of the molecule is CCC[C@@H](C)NC(=O)c1cc(Cl)ccc1Cl. The Kier molecular flexibility index (Phi) is 5.10. The Morgan fingerprint density at radius 3 is 2.75 bits per heavy atom. The first-order valence-corrected chi connectivity index (χ1v) is 6.06. The predicted octanol–water partition coefficient (Wildman–Crippen LogP) is 3.91. The third-order valence-corrected chi connectivity index (χ3v) is 2.84. The molecule has 0 saturated heterocycles.